The van der Waals surface area contributed by atoms with Gasteiger partial charge in [-0.15, -0.1) is 0 Å². The van der Waals surface area contributed by atoms with E-state index in [-0.39, 0.29) is 5.82 Å². The molecule has 96 valence electrons. The molecule has 3 nitrogen and oxygen atoms in total. The number of hydrogen-bond acceptors (Lipinski definition) is 3. The predicted octanol–water partition coefficient (Wildman–Crippen LogP) is 3.29. The Balaban J connectivity index is 2.11. The topological polar surface area (TPSA) is 38.1 Å². The van der Waals surface area contributed by atoms with E-state index in [1.165, 1.54) is 6.07 Å². The first-order chi connectivity index (χ1) is 8.70. The van der Waals surface area contributed by atoms with Gasteiger partial charge in [-0.05, 0) is 43.7 Å². The third-order valence-electron chi connectivity index (χ3n) is 2.69. The van der Waals surface area contributed by atoms with Crippen LogP contribution in [0.15, 0.2) is 28.9 Å². The highest BCUT2D eigenvalue weighted by Crippen LogP contribution is 2.21. The van der Waals surface area contributed by atoms with E-state index in [1.54, 1.807) is 25.3 Å². The van der Waals surface area contributed by atoms with E-state index in [4.69, 9.17) is 4.42 Å². The zero-order valence-electron chi connectivity index (χ0n) is 10.7. The monoisotopic (exact) mass is 248 g/mol. The summed E-state index contributed by atoms with van der Waals surface area (Å²) in [5.74, 6) is 0.321. The van der Waals surface area contributed by atoms with Crippen LogP contribution in [-0.2, 0) is 6.54 Å². The Kier molecular flexibility index (Phi) is 4.10. The number of nitrogens with one attached hydrogen (secondary N) is 1. The number of aromatic nitrogens is 1. The lowest BCUT2D eigenvalue weighted by atomic mass is 10.1. The van der Waals surface area contributed by atoms with Crippen molar-refractivity contribution >= 4 is 0 Å². The third kappa shape index (κ3) is 2.96. The molecule has 0 aliphatic heterocycles. The Morgan fingerprint density at radius 3 is 2.94 bits per heavy atom. The SMILES string of the molecule is CCCNCc1coc(-c2ccc(F)c(C)c2)n1. The number of halogens is 1. The van der Waals surface area contributed by atoms with Crippen LogP contribution in [0.3, 0.4) is 0 Å². The van der Waals surface area contributed by atoms with Gasteiger partial charge in [0.05, 0.1) is 5.69 Å². The first-order valence-corrected chi connectivity index (χ1v) is 6.12. The highest BCUT2D eigenvalue weighted by molar-refractivity contribution is 5.54. The Hall–Kier alpha value is -1.68. The summed E-state index contributed by atoms with van der Waals surface area (Å²) in [6.07, 6.45) is 2.72. The van der Waals surface area contributed by atoms with Crippen molar-refractivity contribution in [1.29, 1.82) is 0 Å². The van der Waals surface area contributed by atoms with E-state index in [9.17, 15) is 4.39 Å². The van der Waals surface area contributed by atoms with Gasteiger partial charge in [0.15, 0.2) is 0 Å². The molecule has 0 aliphatic carbocycles. The van der Waals surface area contributed by atoms with Gasteiger partial charge in [-0.3, -0.25) is 0 Å². The van der Waals surface area contributed by atoms with Gasteiger partial charge in [0.1, 0.15) is 12.1 Å². The van der Waals surface area contributed by atoms with Crippen LogP contribution in [0.5, 0.6) is 0 Å². The molecule has 0 atom stereocenters. The van der Waals surface area contributed by atoms with Crippen LogP contribution >= 0.6 is 0 Å². The summed E-state index contributed by atoms with van der Waals surface area (Å²) in [5.41, 5.74) is 2.26. The maximum absolute atomic E-state index is 13.2. The molecular weight excluding hydrogens is 231 g/mol. The minimum Gasteiger partial charge on any atom is -0.444 e. The van der Waals surface area contributed by atoms with Crippen molar-refractivity contribution < 1.29 is 8.81 Å². The molecule has 1 aromatic carbocycles. The fourth-order valence-electron chi connectivity index (χ4n) is 1.69. The Bertz CT molecular complexity index is 522. The van der Waals surface area contributed by atoms with Gasteiger partial charge in [-0.1, -0.05) is 6.92 Å². The van der Waals surface area contributed by atoms with E-state index < -0.39 is 0 Å². The lowest BCUT2D eigenvalue weighted by Crippen LogP contribution is -2.13. The van der Waals surface area contributed by atoms with Crippen LogP contribution in [-0.4, -0.2) is 11.5 Å². The predicted molar refractivity (Wildman–Crippen MR) is 68.6 cm³/mol. The zero-order chi connectivity index (χ0) is 13.0. The van der Waals surface area contributed by atoms with Crippen molar-refractivity contribution in [3.05, 3.63) is 41.5 Å². The molecule has 0 saturated carbocycles. The highest BCUT2D eigenvalue weighted by Gasteiger charge is 2.08. The fraction of sp³-hybridized carbons (Fsp3) is 0.357. The van der Waals surface area contributed by atoms with Crippen molar-refractivity contribution in [2.45, 2.75) is 26.8 Å². The van der Waals surface area contributed by atoms with E-state index >= 15 is 0 Å². The van der Waals surface area contributed by atoms with E-state index in [0.717, 1.165) is 24.2 Å². The molecule has 0 unspecified atom stereocenters. The smallest absolute Gasteiger partial charge is 0.226 e. The summed E-state index contributed by atoms with van der Waals surface area (Å²) in [6.45, 7) is 5.49. The number of rotatable bonds is 5. The molecule has 0 saturated heterocycles. The van der Waals surface area contributed by atoms with Gasteiger partial charge in [0, 0.05) is 12.1 Å². The quantitative estimate of drug-likeness (QED) is 0.825. The maximum Gasteiger partial charge on any atom is 0.226 e. The lowest BCUT2D eigenvalue weighted by molar-refractivity contribution is 0.569. The van der Waals surface area contributed by atoms with Crippen LogP contribution in [0.2, 0.25) is 0 Å². The van der Waals surface area contributed by atoms with Gasteiger partial charge in [0.2, 0.25) is 5.89 Å². The summed E-state index contributed by atoms with van der Waals surface area (Å²) >= 11 is 0. The van der Waals surface area contributed by atoms with Crippen molar-refractivity contribution in [1.82, 2.24) is 10.3 Å². The van der Waals surface area contributed by atoms with Gasteiger partial charge in [0.25, 0.3) is 0 Å². The summed E-state index contributed by atoms with van der Waals surface area (Å²) in [5, 5.41) is 3.25. The lowest BCUT2D eigenvalue weighted by Gasteiger charge is -1.99. The molecule has 0 aliphatic rings. The summed E-state index contributed by atoms with van der Waals surface area (Å²) in [4.78, 5) is 4.37. The van der Waals surface area contributed by atoms with Gasteiger partial charge in [-0.25, -0.2) is 9.37 Å². The molecular formula is C14H17FN2O. The minimum atomic E-state index is -0.213. The van der Waals surface area contributed by atoms with Gasteiger partial charge in [-0.2, -0.15) is 0 Å². The van der Waals surface area contributed by atoms with Crippen LogP contribution in [0.25, 0.3) is 11.5 Å². The van der Waals surface area contributed by atoms with Gasteiger partial charge < -0.3 is 9.73 Å². The second kappa shape index (κ2) is 5.78. The van der Waals surface area contributed by atoms with Crippen LogP contribution in [0.1, 0.15) is 24.6 Å². The molecule has 2 rings (SSSR count). The summed E-state index contributed by atoms with van der Waals surface area (Å²) in [6, 6.07) is 4.85. The molecule has 1 heterocycles. The molecule has 0 spiro atoms. The average Bonchev–Trinajstić information content (AvgIpc) is 2.82. The van der Waals surface area contributed by atoms with Crippen molar-refractivity contribution in [2.24, 2.45) is 0 Å². The average molecular weight is 248 g/mol. The number of hydrogen-bond donors (Lipinski definition) is 1. The van der Waals surface area contributed by atoms with Crippen LogP contribution in [0.4, 0.5) is 4.39 Å². The molecule has 0 fully saturated rings. The third-order valence-corrected chi connectivity index (χ3v) is 2.69. The first kappa shape index (κ1) is 12.8. The number of benzene rings is 1. The number of oxazole rings is 1. The molecule has 1 N–H and O–H groups in total. The second-order valence-electron chi connectivity index (χ2n) is 4.28. The normalized spacial score (nSPS) is 10.8. The Morgan fingerprint density at radius 2 is 2.22 bits per heavy atom. The fourth-order valence-corrected chi connectivity index (χ4v) is 1.69. The number of aryl methyl sites for hydroxylation is 1. The molecule has 0 amide bonds. The Labute approximate surface area is 106 Å². The molecule has 18 heavy (non-hydrogen) atoms. The van der Waals surface area contributed by atoms with Gasteiger partial charge >= 0.3 is 0 Å². The van der Waals surface area contributed by atoms with Crippen molar-refractivity contribution in [3.8, 4) is 11.5 Å². The maximum atomic E-state index is 13.2. The zero-order valence-corrected chi connectivity index (χ0v) is 10.7. The molecule has 0 radical (unpaired) electrons. The van der Waals surface area contributed by atoms with Crippen LogP contribution in [0, 0.1) is 12.7 Å². The number of nitrogens with zero attached hydrogens (tertiary/aromatic N) is 1. The van der Waals surface area contributed by atoms with E-state index in [0.29, 0.717) is 18.0 Å². The molecule has 4 heteroatoms. The van der Waals surface area contributed by atoms with Crippen molar-refractivity contribution in [2.75, 3.05) is 6.54 Å². The standard InChI is InChI=1S/C14H17FN2O/c1-3-6-16-8-12-9-18-14(17-12)11-4-5-13(15)10(2)7-11/h4-5,7,9,16H,3,6,8H2,1-2H3. The minimum absolute atomic E-state index is 0.213. The highest BCUT2D eigenvalue weighted by atomic mass is 19.1. The largest absolute Gasteiger partial charge is 0.444 e. The molecule has 2 aromatic rings. The van der Waals surface area contributed by atoms with Crippen LogP contribution < -0.4 is 5.32 Å². The summed E-state index contributed by atoms with van der Waals surface area (Å²) < 4.78 is 18.6. The van der Waals surface area contributed by atoms with E-state index in [1.807, 2.05) is 0 Å². The second-order valence-corrected chi connectivity index (χ2v) is 4.28. The Morgan fingerprint density at radius 1 is 1.39 bits per heavy atom. The first-order valence-electron chi connectivity index (χ1n) is 6.12. The van der Waals surface area contributed by atoms with E-state index in [2.05, 4.69) is 17.2 Å². The van der Waals surface area contributed by atoms with Crippen molar-refractivity contribution in [3.63, 3.8) is 0 Å². The molecule has 1 aromatic heterocycles. The summed E-state index contributed by atoms with van der Waals surface area (Å²) in [7, 11) is 0. The molecule has 0 bridgehead atoms.